The minimum atomic E-state index is -0.0516. The Morgan fingerprint density at radius 2 is 2.11 bits per heavy atom. The molecule has 0 unspecified atom stereocenters. The molecule has 0 spiro atoms. The van der Waals surface area contributed by atoms with E-state index in [1.165, 1.54) is 0 Å². The second kappa shape index (κ2) is 5.47. The first-order valence-electron chi connectivity index (χ1n) is 6.00. The van der Waals surface area contributed by atoms with Gasteiger partial charge in [0.25, 0.3) is 0 Å². The summed E-state index contributed by atoms with van der Waals surface area (Å²) in [6.07, 6.45) is 3.66. The fraction of sp³-hybridized carbons (Fsp3) is 0.462. The SMILES string of the molecule is NCC1(CC(=O)Nc2cc(Cl)ccc2Cl)CCC1. The molecular formula is C13H16Cl2N2O. The molecule has 2 rings (SSSR count). The quantitative estimate of drug-likeness (QED) is 0.891. The van der Waals surface area contributed by atoms with Crippen LogP contribution in [0.25, 0.3) is 0 Å². The number of hydrogen-bond donors (Lipinski definition) is 2. The summed E-state index contributed by atoms with van der Waals surface area (Å²) in [5.41, 5.74) is 6.29. The molecule has 5 heteroatoms. The highest BCUT2D eigenvalue weighted by Crippen LogP contribution is 2.43. The number of anilines is 1. The van der Waals surface area contributed by atoms with E-state index in [0.717, 1.165) is 19.3 Å². The second-order valence-corrected chi connectivity index (χ2v) is 5.75. The lowest BCUT2D eigenvalue weighted by molar-refractivity contribution is -0.119. The van der Waals surface area contributed by atoms with Crippen molar-refractivity contribution in [3.63, 3.8) is 0 Å². The van der Waals surface area contributed by atoms with Gasteiger partial charge in [-0.25, -0.2) is 0 Å². The molecule has 1 amide bonds. The molecule has 0 aliphatic heterocycles. The molecule has 18 heavy (non-hydrogen) atoms. The molecule has 0 heterocycles. The van der Waals surface area contributed by atoms with Gasteiger partial charge in [0.15, 0.2) is 0 Å². The highest BCUT2D eigenvalue weighted by molar-refractivity contribution is 6.35. The standard InChI is InChI=1S/C13H16Cl2N2O/c14-9-2-3-10(15)11(6-9)17-12(18)7-13(8-16)4-1-5-13/h2-3,6H,1,4-5,7-8,16H2,(H,17,18). The van der Waals surface area contributed by atoms with E-state index < -0.39 is 0 Å². The predicted octanol–water partition coefficient (Wildman–Crippen LogP) is 3.45. The van der Waals surface area contributed by atoms with Gasteiger partial charge in [-0.3, -0.25) is 4.79 Å². The van der Waals surface area contributed by atoms with Gasteiger partial charge in [-0.2, -0.15) is 0 Å². The van der Waals surface area contributed by atoms with Crippen molar-refractivity contribution in [2.45, 2.75) is 25.7 Å². The lowest BCUT2D eigenvalue weighted by atomic mass is 9.66. The summed E-state index contributed by atoms with van der Waals surface area (Å²) in [7, 11) is 0. The second-order valence-electron chi connectivity index (χ2n) is 4.91. The van der Waals surface area contributed by atoms with Crippen molar-refractivity contribution < 1.29 is 4.79 Å². The largest absolute Gasteiger partial charge is 0.330 e. The van der Waals surface area contributed by atoms with E-state index in [9.17, 15) is 4.79 Å². The van der Waals surface area contributed by atoms with Crippen molar-refractivity contribution >= 4 is 34.8 Å². The third-order valence-electron chi connectivity index (χ3n) is 3.59. The van der Waals surface area contributed by atoms with Crippen LogP contribution in [0.1, 0.15) is 25.7 Å². The van der Waals surface area contributed by atoms with Gasteiger partial charge in [0.1, 0.15) is 0 Å². The maximum absolute atomic E-state index is 12.0. The van der Waals surface area contributed by atoms with Crippen LogP contribution in [0.5, 0.6) is 0 Å². The van der Waals surface area contributed by atoms with Gasteiger partial charge in [0.2, 0.25) is 5.91 Å². The Bertz CT molecular complexity index is 453. The number of nitrogens with one attached hydrogen (secondary N) is 1. The molecule has 3 nitrogen and oxygen atoms in total. The third kappa shape index (κ3) is 2.97. The van der Waals surface area contributed by atoms with Crippen LogP contribution >= 0.6 is 23.2 Å². The molecule has 0 atom stereocenters. The molecule has 0 bridgehead atoms. The number of rotatable bonds is 4. The zero-order chi connectivity index (χ0) is 13.2. The molecule has 98 valence electrons. The summed E-state index contributed by atoms with van der Waals surface area (Å²) in [5.74, 6) is -0.0516. The molecule has 1 saturated carbocycles. The number of benzene rings is 1. The van der Waals surface area contributed by atoms with Crippen LogP contribution < -0.4 is 11.1 Å². The fourth-order valence-electron chi connectivity index (χ4n) is 2.26. The summed E-state index contributed by atoms with van der Waals surface area (Å²) in [6, 6.07) is 5.01. The zero-order valence-electron chi connectivity index (χ0n) is 10.0. The van der Waals surface area contributed by atoms with Crippen LogP contribution in [-0.2, 0) is 4.79 Å². The number of carbonyl (C=O) groups is 1. The zero-order valence-corrected chi connectivity index (χ0v) is 11.5. The highest BCUT2D eigenvalue weighted by atomic mass is 35.5. The predicted molar refractivity (Wildman–Crippen MR) is 75.0 cm³/mol. The summed E-state index contributed by atoms with van der Waals surface area (Å²) >= 11 is 11.9. The lowest BCUT2D eigenvalue weighted by Crippen LogP contribution is -2.40. The van der Waals surface area contributed by atoms with Crippen LogP contribution in [0, 0.1) is 5.41 Å². The van der Waals surface area contributed by atoms with Crippen molar-refractivity contribution in [2.24, 2.45) is 11.1 Å². The van der Waals surface area contributed by atoms with Gasteiger partial charge in [-0.1, -0.05) is 29.6 Å². The van der Waals surface area contributed by atoms with Crippen molar-refractivity contribution in [3.8, 4) is 0 Å². The third-order valence-corrected chi connectivity index (χ3v) is 4.15. The van der Waals surface area contributed by atoms with E-state index in [1.54, 1.807) is 18.2 Å². The van der Waals surface area contributed by atoms with Gasteiger partial charge in [-0.15, -0.1) is 0 Å². The number of amides is 1. The molecule has 1 aromatic rings. The van der Waals surface area contributed by atoms with Gasteiger partial charge in [0.05, 0.1) is 10.7 Å². The average Bonchev–Trinajstić information content (AvgIpc) is 2.28. The first-order valence-corrected chi connectivity index (χ1v) is 6.75. The number of halogens is 2. The maximum Gasteiger partial charge on any atom is 0.225 e. The number of carbonyl (C=O) groups excluding carboxylic acids is 1. The molecule has 1 fully saturated rings. The highest BCUT2D eigenvalue weighted by Gasteiger charge is 2.37. The van der Waals surface area contributed by atoms with E-state index in [0.29, 0.717) is 28.7 Å². The molecule has 3 N–H and O–H groups in total. The van der Waals surface area contributed by atoms with Gasteiger partial charge in [-0.05, 0) is 43.0 Å². The topological polar surface area (TPSA) is 55.1 Å². The lowest BCUT2D eigenvalue weighted by Gasteiger charge is -2.40. The Kier molecular flexibility index (Phi) is 4.15. The van der Waals surface area contributed by atoms with E-state index in [-0.39, 0.29) is 11.3 Å². The average molecular weight is 287 g/mol. The van der Waals surface area contributed by atoms with Crippen LogP contribution in [-0.4, -0.2) is 12.5 Å². The van der Waals surface area contributed by atoms with E-state index in [1.807, 2.05) is 0 Å². The van der Waals surface area contributed by atoms with Crippen molar-refractivity contribution in [3.05, 3.63) is 28.2 Å². The molecule has 0 saturated heterocycles. The Morgan fingerprint density at radius 1 is 1.39 bits per heavy atom. The Hall–Kier alpha value is -0.770. The van der Waals surface area contributed by atoms with Crippen LogP contribution in [0.15, 0.2) is 18.2 Å². The first kappa shape index (κ1) is 13.7. The first-order chi connectivity index (χ1) is 8.54. The van der Waals surface area contributed by atoms with E-state index >= 15 is 0 Å². The molecule has 0 aromatic heterocycles. The fourth-order valence-corrected chi connectivity index (χ4v) is 2.60. The monoisotopic (exact) mass is 286 g/mol. The van der Waals surface area contributed by atoms with Gasteiger partial charge in [0, 0.05) is 11.4 Å². The molecule has 0 radical (unpaired) electrons. The Balaban J connectivity index is 2.00. The van der Waals surface area contributed by atoms with Crippen LogP contribution in [0.3, 0.4) is 0 Å². The summed E-state index contributed by atoms with van der Waals surface area (Å²) in [5, 5.41) is 3.84. The Labute approximate surface area is 117 Å². The molecular weight excluding hydrogens is 271 g/mol. The summed E-state index contributed by atoms with van der Waals surface area (Å²) in [6.45, 7) is 0.559. The van der Waals surface area contributed by atoms with Crippen molar-refractivity contribution in [2.75, 3.05) is 11.9 Å². The number of nitrogens with two attached hydrogens (primary N) is 1. The van der Waals surface area contributed by atoms with Crippen LogP contribution in [0.2, 0.25) is 10.0 Å². The minimum absolute atomic E-state index is 0.00483. The van der Waals surface area contributed by atoms with E-state index in [2.05, 4.69) is 5.32 Å². The molecule has 1 aliphatic rings. The van der Waals surface area contributed by atoms with Crippen molar-refractivity contribution in [1.29, 1.82) is 0 Å². The molecule has 1 aromatic carbocycles. The minimum Gasteiger partial charge on any atom is -0.330 e. The van der Waals surface area contributed by atoms with Gasteiger partial charge < -0.3 is 11.1 Å². The summed E-state index contributed by atoms with van der Waals surface area (Å²) < 4.78 is 0. The van der Waals surface area contributed by atoms with Crippen molar-refractivity contribution in [1.82, 2.24) is 0 Å². The number of hydrogen-bond acceptors (Lipinski definition) is 2. The molecule has 1 aliphatic carbocycles. The van der Waals surface area contributed by atoms with Crippen LogP contribution in [0.4, 0.5) is 5.69 Å². The normalized spacial score (nSPS) is 17.1. The Morgan fingerprint density at radius 3 is 2.67 bits per heavy atom. The van der Waals surface area contributed by atoms with Gasteiger partial charge >= 0.3 is 0 Å². The summed E-state index contributed by atoms with van der Waals surface area (Å²) in [4.78, 5) is 12.0. The maximum atomic E-state index is 12.0. The van der Waals surface area contributed by atoms with E-state index in [4.69, 9.17) is 28.9 Å². The smallest absolute Gasteiger partial charge is 0.225 e.